The molecule has 2 aromatic heterocycles. The first-order valence-corrected chi connectivity index (χ1v) is 10.1. The number of halogens is 1. The van der Waals surface area contributed by atoms with Crippen molar-refractivity contribution in [2.45, 2.75) is 25.3 Å². The third-order valence-electron chi connectivity index (χ3n) is 5.08. The molecule has 0 aliphatic heterocycles. The van der Waals surface area contributed by atoms with Gasteiger partial charge in [0.1, 0.15) is 12.1 Å². The third kappa shape index (κ3) is 3.48. The molecule has 1 saturated carbocycles. The number of anilines is 1. The highest BCUT2D eigenvalue weighted by molar-refractivity contribution is 6.30. The van der Waals surface area contributed by atoms with Crippen molar-refractivity contribution in [3.63, 3.8) is 0 Å². The van der Waals surface area contributed by atoms with Gasteiger partial charge in [-0.1, -0.05) is 35.9 Å². The first kappa shape index (κ1) is 18.6. The van der Waals surface area contributed by atoms with Crippen molar-refractivity contribution < 1.29 is 4.79 Å². The normalized spacial score (nSPS) is 13.5. The predicted molar refractivity (Wildman–Crippen MR) is 115 cm³/mol. The lowest BCUT2D eigenvalue weighted by Crippen LogP contribution is -2.31. The molecule has 2 aromatic carbocycles. The number of rotatable bonds is 5. The Bertz CT molecular complexity index is 1310. The Morgan fingerprint density at radius 2 is 1.93 bits per heavy atom. The number of benzene rings is 2. The number of nitrogens with one attached hydrogen (secondary N) is 1. The topological polar surface area (TPSA) is 81.8 Å². The summed E-state index contributed by atoms with van der Waals surface area (Å²) in [6.45, 7) is -0.176. The summed E-state index contributed by atoms with van der Waals surface area (Å²) in [7, 11) is 0. The summed E-state index contributed by atoms with van der Waals surface area (Å²) >= 11 is 6.13. The van der Waals surface area contributed by atoms with Crippen molar-refractivity contribution in [3.05, 3.63) is 81.9 Å². The number of amides is 1. The molecule has 0 bridgehead atoms. The second kappa shape index (κ2) is 7.42. The molecule has 30 heavy (non-hydrogen) atoms. The van der Waals surface area contributed by atoms with Crippen LogP contribution in [0.15, 0.2) is 65.6 Å². The zero-order valence-corrected chi connectivity index (χ0v) is 16.7. The molecule has 1 amide bonds. The number of aromatic nitrogens is 4. The SMILES string of the molecule is O=C(Cn1nc(C2CC2)c2cnn(-c3cccc(Cl)c3)c2c1=O)Nc1ccccc1. The van der Waals surface area contributed by atoms with Crippen molar-refractivity contribution in [2.24, 2.45) is 0 Å². The van der Waals surface area contributed by atoms with Crippen molar-refractivity contribution in [3.8, 4) is 5.69 Å². The lowest BCUT2D eigenvalue weighted by atomic mass is 10.2. The zero-order chi connectivity index (χ0) is 20.7. The third-order valence-corrected chi connectivity index (χ3v) is 5.31. The summed E-state index contributed by atoms with van der Waals surface area (Å²) in [5.41, 5.74) is 2.20. The van der Waals surface area contributed by atoms with E-state index in [1.807, 2.05) is 24.3 Å². The second-order valence-corrected chi connectivity index (χ2v) is 7.77. The van der Waals surface area contributed by atoms with E-state index < -0.39 is 0 Å². The molecule has 2 heterocycles. The molecule has 0 atom stereocenters. The molecular weight excluding hydrogens is 402 g/mol. The maximum atomic E-state index is 13.3. The Labute approximate surface area is 176 Å². The molecule has 1 fully saturated rings. The lowest BCUT2D eigenvalue weighted by Gasteiger charge is -2.10. The second-order valence-electron chi connectivity index (χ2n) is 7.34. The van der Waals surface area contributed by atoms with E-state index in [4.69, 9.17) is 11.6 Å². The summed E-state index contributed by atoms with van der Waals surface area (Å²) in [4.78, 5) is 25.8. The van der Waals surface area contributed by atoms with Gasteiger partial charge in [-0.3, -0.25) is 9.59 Å². The number of hydrogen-bond acceptors (Lipinski definition) is 4. The molecule has 7 nitrogen and oxygen atoms in total. The largest absolute Gasteiger partial charge is 0.324 e. The highest BCUT2D eigenvalue weighted by atomic mass is 35.5. The number of carbonyl (C=O) groups excluding carboxylic acids is 1. The molecule has 1 aliphatic rings. The maximum Gasteiger partial charge on any atom is 0.293 e. The van der Waals surface area contributed by atoms with E-state index >= 15 is 0 Å². The van der Waals surface area contributed by atoms with Crippen LogP contribution in [0, 0.1) is 0 Å². The Kier molecular flexibility index (Phi) is 4.59. The Balaban J connectivity index is 1.58. The minimum absolute atomic E-state index is 0.176. The van der Waals surface area contributed by atoms with E-state index in [0.29, 0.717) is 21.9 Å². The standard InChI is InChI=1S/C22H18ClN5O2/c23-15-5-4-8-17(11-15)28-21-18(12-24-28)20(14-9-10-14)26-27(22(21)30)13-19(29)25-16-6-2-1-3-7-16/h1-8,11-12,14H,9-10,13H2,(H,25,29). The van der Waals surface area contributed by atoms with Crippen LogP contribution in [-0.2, 0) is 11.3 Å². The predicted octanol–water partition coefficient (Wildman–Crippen LogP) is 3.75. The van der Waals surface area contributed by atoms with Crippen LogP contribution >= 0.6 is 11.6 Å². The van der Waals surface area contributed by atoms with Gasteiger partial charge in [-0.2, -0.15) is 10.2 Å². The first-order valence-electron chi connectivity index (χ1n) is 9.70. The lowest BCUT2D eigenvalue weighted by molar-refractivity contribution is -0.117. The molecular formula is C22H18ClN5O2. The van der Waals surface area contributed by atoms with Gasteiger partial charge in [0, 0.05) is 22.0 Å². The van der Waals surface area contributed by atoms with E-state index in [2.05, 4.69) is 15.5 Å². The van der Waals surface area contributed by atoms with Crippen LogP contribution in [0.3, 0.4) is 0 Å². The molecule has 1 aliphatic carbocycles. The molecule has 1 N–H and O–H groups in total. The van der Waals surface area contributed by atoms with Gasteiger partial charge in [-0.25, -0.2) is 9.36 Å². The smallest absolute Gasteiger partial charge is 0.293 e. The highest BCUT2D eigenvalue weighted by Crippen LogP contribution is 2.41. The Morgan fingerprint density at radius 3 is 2.67 bits per heavy atom. The fourth-order valence-electron chi connectivity index (χ4n) is 3.52. The molecule has 8 heteroatoms. The molecule has 4 aromatic rings. The number of nitrogens with zero attached hydrogens (tertiary/aromatic N) is 4. The Morgan fingerprint density at radius 1 is 1.13 bits per heavy atom. The average molecular weight is 420 g/mol. The molecule has 150 valence electrons. The van der Waals surface area contributed by atoms with E-state index in [1.54, 1.807) is 41.2 Å². The van der Waals surface area contributed by atoms with Crippen LogP contribution in [0.4, 0.5) is 5.69 Å². The zero-order valence-electron chi connectivity index (χ0n) is 16.0. The van der Waals surface area contributed by atoms with Gasteiger partial charge < -0.3 is 5.32 Å². The van der Waals surface area contributed by atoms with Gasteiger partial charge in [0.05, 0.1) is 17.6 Å². The first-order chi connectivity index (χ1) is 14.6. The number of para-hydroxylation sites is 1. The minimum Gasteiger partial charge on any atom is -0.324 e. The van der Waals surface area contributed by atoms with Crippen molar-refractivity contribution in [2.75, 3.05) is 5.32 Å². The molecule has 0 spiro atoms. The number of hydrogen-bond donors (Lipinski definition) is 1. The molecule has 0 unspecified atom stereocenters. The van der Waals surface area contributed by atoms with Crippen molar-refractivity contribution in [1.29, 1.82) is 0 Å². The van der Waals surface area contributed by atoms with Gasteiger partial charge in [-0.15, -0.1) is 0 Å². The van der Waals surface area contributed by atoms with E-state index in [9.17, 15) is 9.59 Å². The van der Waals surface area contributed by atoms with Crippen LogP contribution in [0.5, 0.6) is 0 Å². The summed E-state index contributed by atoms with van der Waals surface area (Å²) in [6.07, 6.45) is 3.70. The monoisotopic (exact) mass is 419 g/mol. The van der Waals surface area contributed by atoms with E-state index in [0.717, 1.165) is 23.9 Å². The molecule has 5 rings (SSSR count). The van der Waals surface area contributed by atoms with E-state index in [1.165, 1.54) is 4.68 Å². The van der Waals surface area contributed by atoms with Crippen LogP contribution in [0.25, 0.3) is 16.6 Å². The van der Waals surface area contributed by atoms with Gasteiger partial charge in [0.25, 0.3) is 5.56 Å². The molecule has 0 saturated heterocycles. The maximum absolute atomic E-state index is 13.3. The quantitative estimate of drug-likeness (QED) is 0.534. The number of carbonyl (C=O) groups is 1. The van der Waals surface area contributed by atoms with Crippen molar-refractivity contribution >= 4 is 34.1 Å². The van der Waals surface area contributed by atoms with Crippen LogP contribution in [0.1, 0.15) is 24.5 Å². The molecule has 0 radical (unpaired) electrons. The highest BCUT2D eigenvalue weighted by Gasteiger charge is 2.30. The summed E-state index contributed by atoms with van der Waals surface area (Å²) in [5, 5.41) is 13.0. The number of fused-ring (bicyclic) bond motifs is 1. The fourth-order valence-corrected chi connectivity index (χ4v) is 3.70. The van der Waals surface area contributed by atoms with Crippen molar-refractivity contribution in [1.82, 2.24) is 19.6 Å². The Hall–Kier alpha value is -3.45. The van der Waals surface area contributed by atoms with Gasteiger partial charge in [-0.05, 0) is 43.2 Å². The summed E-state index contributed by atoms with van der Waals surface area (Å²) in [5.74, 6) is -0.0285. The summed E-state index contributed by atoms with van der Waals surface area (Å²) in [6, 6.07) is 16.3. The average Bonchev–Trinajstić information content (AvgIpc) is 3.48. The fraction of sp³-hybridized carbons (Fsp3) is 0.182. The van der Waals surface area contributed by atoms with Crippen LogP contribution in [0.2, 0.25) is 5.02 Å². The van der Waals surface area contributed by atoms with Gasteiger partial charge >= 0.3 is 0 Å². The van der Waals surface area contributed by atoms with Crippen LogP contribution in [-0.4, -0.2) is 25.5 Å². The minimum atomic E-state index is -0.366. The van der Waals surface area contributed by atoms with E-state index in [-0.39, 0.29) is 23.9 Å². The van der Waals surface area contributed by atoms with Gasteiger partial charge in [0.15, 0.2) is 0 Å². The summed E-state index contributed by atoms with van der Waals surface area (Å²) < 4.78 is 2.81. The van der Waals surface area contributed by atoms with Gasteiger partial charge in [0.2, 0.25) is 5.91 Å². The van der Waals surface area contributed by atoms with Crippen LogP contribution < -0.4 is 10.9 Å².